The van der Waals surface area contributed by atoms with E-state index >= 15 is 0 Å². The summed E-state index contributed by atoms with van der Waals surface area (Å²) in [5, 5.41) is 8.89. The minimum Gasteiger partial charge on any atom is -0.481 e. The highest BCUT2D eigenvalue weighted by atomic mass is 32.2. The highest BCUT2D eigenvalue weighted by Crippen LogP contribution is 2.24. The molecular weight excluding hydrogens is 252 g/mol. The van der Waals surface area contributed by atoms with E-state index in [9.17, 15) is 9.59 Å². The Bertz CT molecular complexity index is 328. The van der Waals surface area contributed by atoms with Crippen molar-refractivity contribution in [3.63, 3.8) is 0 Å². The van der Waals surface area contributed by atoms with Gasteiger partial charge in [-0.25, -0.2) is 0 Å². The molecular formula is C12H22N2O3S. The largest absolute Gasteiger partial charge is 0.481 e. The summed E-state index contributed by atoms with van der Waals surface area (Å²) in [5.41, 5.74) is 5.66. The molecule has 1 fully saturated rings. The number of carboxylic acids is 1. The second-order valence-electron chi connectivity index (χ2n) is 5.70. The van der Waals surface area contributed by atoms with Crippen molar-refractivity contribution in [3.8, 4) is 0 Å². The quantitative estimate of drug-likeness (QED) is 0.794. The molecule has 1 heterocycles. The Hall–Kier alpha value is -0.750. The van der Waals surface area contributed by atoms with E-state index in [0.717, 1.165) is 5.75 Å². The van der Waals surface area contributed by atoms with E-state index in [-0.39, 0.29) is 23.8 Å². The highest BCUT2D eigenvalue weighted by molar-refractivity contribution is 7.99. The molecule has 104 valence electrons. The van der Waals surface area contributed by atoms with Crippen LogP contribution in [0.1, 0.15) is 27.2 Å². The van der Waals surface area contributed by atoms with E-state index < -0.39 is 12.0 Å². The molecule has 0 bridgehead atoms. The topological polar surface area (TPSA) is 83.6 Å². The fraction of sp³-hybridized carbons (Fsp3) is 0.833. The molecule has 6 heteroatoms. The summed E-state index contributed by atoms with van der Waals surface area (Å²) in [4.78, 5) is 24.8. The van der Waals surface area contributed by atoms with Gasteiger partial charge < -0.3 is 15.7 Å². The minimum absolute atomic E-state index is 0.00436. The zero-order chi connectivity index (χ0) is 13.9. The Labute approximate surface area is 112 Å². The van der Waals surface area contributed by atoms with Crippen molar-refractivity contribution in [2.24, 2.45) is 11.1 Å². The second-order valence-corrected chi connectivity index (χ2v) is 6.85. The Morgan fingerprint density at radius 1 is 1.50 bits per heavy atom. The fourth-order valence-corrected chi connectivity index (χ4v) is 2.93. The Balaban J connectivity index is 2.77. The average molecular weight is 274 g/mol. The molecule has 0 spiro atoms. The molecule has 0 saturated carbocycles. The summed E-state index contributed by atoms with van der Waals surface area (Å²) in [5.74, 6) is 0.520. The lowest BCUT2D eigenvalue weighted by Gasteiger charge is -2.38. The van der Waals surface area contributed by atoms with Crippen molar-refractivity contribution in [1.29, 1.82) is 0 Å². The third-order valence-corrected chi connectivity index (χ3v) is 4.21. The lowest BCUT2D eigenvalue weighted by molar-refractivity contribution is -0.141. The molecule has 1 saturated heterocycles. The van der Waals surface area contributed by atoms with Crippen molar-refractivity contribution < 1.29 is 14.7 Å². The first kappa shape index (κ1) is 15.3. The lowest BCUT2D eigenvalue weighted by atomic mass is 9.86. The van der Waals surface area contributed by atoms with Crippen LogP contribution in [-0.4, -0.2) is 52.0 Å². The number of rotatable bonds is 3. The van der Waals surface area contributed by atoms with Gasteiger partial charge in [0.1, 0.15) is 0 Å². The van der Waals surface area contributed by atoms with Crippen LogP contribution in [0, 0.1) is 5.41 Å². The first-order valence-electron chi connectivity index (χ1n) is 6.09. The van der Waals surface area contributed by atoms with E-state index in [1.807, 2.05) is 20.8 Å². The molecule has 0 aromatic heterocycles. The first-order valence-corrected chi connectivity index (χ1v) is 7.24. The maximum Gasteiger partial charge on any atom is 0.305 e. The van der Waals surface area contributed by atoms with E-state index in [1.165, 1.54) is 0 Å². The summed E-state index contributed by atoms with van der Waals surface area (Å²) in [6.45, 7) is 6.34. The van der Waals surface area contributed by atoms with Gasteiger partial charge in [-0.1, -0.05) is 20.8 Å². The summed E-state index contributed by atoms with van der Waals surface area (Å²) >= 11 is 1.69. The van der Waals surface area contributed by atoms with E-state index in [0.29, 0.717) is 12.3 Å². The van der Waals surface area contributed by atoms with Gasteiger partial charge >= 0.3 is 5.97 Å². The molecule has 0 aromatic carbocycles. The van der Waals surface area contributed by atoms with Gasteiger partial charge in [-0.2, -0.15) is 11.8 Å². The van der Waals surface area contributed by atoms with Crippen LogP contribution >= 0.6 is 11.8 Å². The van der Waals surface area contributed by atoms with Gasteiger partial charge in [0.15, 0.2) is 0 Å². The number of carboxylic acid groups (broad SMARTS) is 1. The van der Waals surface area contributed by atoms with Crippen LogP contribution in [0.4, 0.5) is 0 Å². The van der Waals surface area contributed by atoms with Crippen molar-refractivity contribution >= 4 is 23.6 Å². The van der Waals surface area contributed by atoms with Crippen LogP contribution in [0.2, 0.25) is 0 Å². The van der Waals surface area contributed by atoms with Gasteiger partial charge in [0.25, 0.3) is 0 Å². The van der Waals surface area contributed by atoms with Crippen molar-refractivity contribution in [2.45, 2.75) is 39.3 Å². The number of carbonyl (C=O) groups is 2. The lowest BCUT2D eigenvalue weighted by Crippen LogP contribution is -2.56. The number of nitrogens with zero attached hydrogens (tertiary/aromatic N) is 1. The van der Waals surface area contributed by atoms with Crippen molar-refractivity contribution in [1.82, 2.24) is 4.90 Å². The molecule has 0 aromatic rings. The van der Waals surface area contributed by atoms with E-state index in [1.54, 1.807) is 16.7 Å². The number of hydrogen-bond acceptors (Lipinski definition) is 4. The zero-order valence-corrected chi connectivity index (χ0v) is 12.0. The predicted molar refractivity (Wildman–Crippen MR) is 72.5 cm³/mol. The normalized spacial score (nSPS) is 22.7. The predicted octanol–water partition coefficient (Wildman–Crippen LogP) is 0.778. The molecule has 1 rings (SSSR count). The molecule has 3 N–H and O–H groups in total. The third-order valence-electron chi connectivity index (χ3n) is 3.12. The number of carbonyl (C=O) groups excluding carboxylic acids is 1. The van der Waals surface area contributed by atoms with Crippen LogP contribution in [0.15, 0.2) is 0 Å². The molecule has 2 atom stereocenters. The molecule has 18 heavy (non-hydrogen) atoms. The number of nitrogens with two attached hydrogens (primary N) is 1. The average Bonchev–Trinajstić information content (AvgIpc) is 2.26. The highest BCUT2D eigenvalue weighted by Gasteiger charge is 2.36. The standard InChI is InChI=1S/C12H22N2O3S/c1-12(2,3)10(13)11(17)14-4-5-18-7-8(14)6-9(15)16/h8,10H,4-7,13H2,1-3H3,(H,15,16)/t8?,10-/m1/s1. The molecule has 1 amide bonds. The summed E-state index contributed by atoms with van der Waals surface area (Å²) in [6.07, 6.45) is -0.00436. The number of hydrogen-bond donors (Lipinski definition) is 2. The van der Waals surface area contributed by atoms with Crippen molar-refractivity contribution in [2.75, 3.05) is 18.1 Å². The van der Waals surface area contributed by atoms with Crippen LogP contribution in [0.25, 0.3) is 0 Å². The van der Waals surface area contributed by atoms with Gasteiger partial charge in [-0.3, -0.25) is 9.59 Å². The number of amides is 1. The van der Waals surface area contributed by atoms with Gasteiger partial charge in [0.2, 0.25) is 5.91 Å². The molecule has 1 aliphatic rings. The monoisotopic (exact) mass is 274 g/mol. The Kier molecular flexibility index (Phi) is 5.04. The van der Waals surface area contributed by atoms with Gasteiger partial charge in [-0.05, 0) is 5.41 Å². The first-order chi connectivity index (χ1) is 8.23. The van der Waals surface area contributed by atoms with Crippen LogP contribution in [-0.2, 0) is 9.59 Å². The number of thioether (sulfide) groups is 1. The summed E-state index contributed by atoms with van der Waals surface area (Å²) < 4.78 is 0. The minimum atomic E-state index is -0.871. The number of aliphatic carboxylic acids is 1. The maximum atomic E-state index is 12.3. The van der Waals surface area contributed by atoms with Gasteiger partial charge in [-0.15, -0.1) is 0 Å². The summed E-state index contributed by atoms with van der Waals surface area (Å²) in [6, 6.07) is -0.820. The Morgan fingerprint density at radius 3 is 2.61 bits per heavy atom. The molecule has 1 aliphatic heterocycles. The molecule has 5 nitrogen and oxygen atoms in total. The van der Waals surface area contributed by atoms with Gasteiger partial charge in [0.05, 0.1) is 18.5 Å². The summed E-state index contributed by atoms with van der Waals surface area (Å²) in [7, 11) is 0. The maximum absolute atomic E-state index is 12.3. The van der Waals surface area contributed by atoms with Gasteiger partial charge in [0, 0.05) is 18.1 Å². The SMILES string of the molecule is CC(C)(C)[C@H](N)C(=O)N1CCSCC1CC(=O)O. The molecule has 0 aliphatic carbocycles. The van der Waals surface area contributed by atoms with E-state index in [4.69, 9.17) is 10.8 Å². The zero-order valence-electron chi connectivity index (χ0n) is 11.2. The third kappa shape index (κ3) is 3.88. The second kappa shape index (κ2) is 5.93. The fourth-order valence-electron chi connectivity index (χ4n) is 1.86. The van der Waals surface area contributed by atoms with Crippen LogP contribution in [0.5, 0.6) is 0 Å². The Morgan fingerprint density at radius 2 is 2.11 bits per heavy atom. The van der Waals surface area contributed by atoms with E-state index in [2.05, 4.69) is 0 Å². The van der Waals surface area contributed by atoms with Crippen LogP contribution in [0.3, 0.4) is 0 Å². The smallest absolute Gasteiger partial charge is 0.305 e. The molecule has 0 radical (unpaired) electrons. The molecule has 1 unspecified atom stereocenters. The van der Waals surface area contributed by atoms with Crippen LogP contribution < -0.4 is 5.73 Å². The van der Waals surface area contributed by atoms with Crippen molar-refractivity contribution in [3.05, 3.63) is 0 Å².